The third-order valence-corrected chi connectivity index (χ3v) is 2.60. The van der Waals surface area contributed by atoms with Crippen molar-refractivity contribution in [3.63, 3.8) is 0 Å². The zero-order valence-electron chi connectivity index (χ0n) is 8.66. The highest BCUT2D eigenvalue weighted by atomic mass is 16.5. The van der Waals surface area contributed by atoms with Crippen LogP contribution < -0.4 is 5.32 Å². The Hall–Kier alpha value is -0.610. The third kappa shape index (κ3) is 3.27. The van der Waals surface area contributed by atoms with E-state index in [-0.39, 0.29) is 24.5 Å². The van der Waals surface area contributed by atoms with Gasteiger partial charge < -0.3 is 15.2 Å². The van der Waals surface area contributed by atoms with Crippen molar-refractivity contribution in [3.05, 3.63) is 0 Å². The standard InChI is InChI=1S/C10H19NO3/c1-8-9(4-7-14-8)10(13)11-5-2-3-6-12/h8-9,12H,2-7H2,1H3,(H,11,13). The molecule has 14 heavy (non-hydrogen) atoms. The van der Waals surface area contributed by atoms with Crippen LogP contribution in [0.25, 0.3) is 0 Å². The molecule has 0 aliphatic carbocycles. The number of hydrogen-bond donors (Lipinski definition) is 2. The quantitative estimate of drug-likeness (QED) is 0.629. The van der Waals surface area contributed by atoms with Gasteiger partial charge >= 0.3 is 0 Å². The minimum atomic E-state index is 0.0177. The van der Waals surface area contributed by atoms with E-state index < -0.39 is 0 Å². The largest absolute Gasteiger partial charge is 0.396 e. The molecule has 0 radical (unpaired) electrons. The number of carbonyl (C=O) groups is 1. The Morgan fingerprint density at radius 2 is 2.36 bits per heavy atom. The molecule has 0 aromatic rings. The summed E-state index contributed by atoms with van der Waals surface area (Å²) in [6.45, 7) is 3.47. The lowest BCUT2D eigenvalue weighted by Gasteiger charge is -2.13. The minimum absolute atomic E-state index is 0.0177. The Morgan fingerprint density at radius 3 is 2.93 bits per heavy atom. The zero-order valence-corrected chi connectivity index (χ0v) is 8.66. The fourth-order valence-corrected chi connectivity index (χ4v) is 1.66. The predicted molar refractivity (Wildman–Crippen MR) is 52.9 cm³/mol. The van der Waals surface area contributed by atoms with Gasteiger partial charge in [-0.2, -0.15) is 0 Å². The lowest BCUT2D eigenvalue weighted by molar-refractivity contribution is -0.126. The normalized spacial score (nSPS) is 26.4. The smallest absolute Gasteiger partial charge is 0.225 e. The van der Waals surface area contributed by atoms with Gasteiger partial charge in [-0.1, -0.05) is 0 Å². The van der Waals surface area contributed by atoms with Crippen molar-refractivity contribution in [2.24, 2.45) is 5.92 Å². The molecule has 2 atom stereocenters. The fraction of sp³-hybridized carbons (Fsp3) is 0.900. The fourth-order valence-electron chi connectivity index (χ4n) is 1.66. The van der Waals surface area contributed by atoms with Crippen molar-refractivity contribution in [3.8, 4) is 0 Å². The number of amides is 1. The summed E-state index contributed by atoms with van der Waals surface area (Å²) in [5.74, 6) is 0.108. The molecule has 1 aliphatic rings. The van der Waals surface area contributed by atoms with Crippen LogP contribution in [0.4, 0.5) is 0 Å². The first-order valence-electron chi connectivity index (χ1n) is 5.26. The molecule has 1 heterocycles. The van der Waals surface area contributed by atoms with Gasteiger partial charge in [-0.25, -0.2) is 0 Å². The molecule has 2 N–H and O–H groups in total. The highest BCUT2D eigenvalue weighted by molar-refractivity contribution is 5.79. The van der Waals surface area contributed by atoms with Crippen molar-refractivity contribution in [1.29, 1.82) is 0 Å². The first kappa shape index (κ1) is 11.5. The average molecular weight is 201 g/mol. The highest BCUT2D eigenvalue weighted by Crippen LogP contribution is 2.20. The maximum atomic E-state index is 11.6. The summed E-state index contributed by atoms with van der Waals surface area (Å²) >= 11 is 0. The van der Waals surface area contributed by atoms with Crippen molar-refractivity contribution in [2.75, 3.05) is 19.8 Å². The molecule has 0 bridgehead atoms. The highest BCUT2D eigenvalue weighted by Gasteiger charge is 2.30. The number of unbranched alkanes of at least 4 members (excludes halogenated alkanes) is 1. The molecule has 2 unspecified atom stereocenters. The summed E-state index contributed by atoms with van der Waals surface area (Å²) in [7, 11) is 0. The number of hydrogen-bond acceptors (Lipinski definition) is 3. The number of rotatable bonds is 5. The van der Waals surface area contributed by atoms with Crippen molar-refractivity contribution < 1.29 is 14.6 Å². The van der Waals surface area contributed by atoms with E-state index in [1.807, 2.05) is 6.92 Å². The van der Waals surface area contributed by atoms with Crippen LogP contribution in [0.5, 0.6) is 0 Å². The summed E-state index contributed by atoms with van der Waals surface area (Å²) in [5, 5.41) is 11.4. The van der Waals surface area contributed by atoms with Crippen LogP contribution in [-0.4, -0.2) is 36.9 Å². The van der Waals surface area contributed by atoms with Crippen molar-refractivity contribution in [2.45, 2.75) is 32.3 Å². The van der Waals surface area contributed by atoms with Gasteiger partial charge in [-0.15, -0.1) is 0 Å². The second-order valence-electron chi connectivity index (χ2n) is 3.69. The maximum Gasteiger partial charge on any atom is 0.225 e. The average Bonchev–Trinajstić information content (AvgIpc) is 2.59. The van der Waals surface area contributed by atoms with Gasteiger partial charge in [0, 0.05) is 19.8 Å². The van der Waals surface area contributed by atoms with E-state index in [1.54, 1.807) is 0 Å². The summed E-state index contributed by atoms with van der Waals surface area (Å²) < 4.78 is 5.31. The van der Waals surface area contributed by atoms with Crippen LogP contribution in [0.15, 0.2) is 0 Å². The van der Waals surface area contributed by atoms with Gasteiger partial charge in [0.05, 0.1) is 12.0 Å². The van der Waals surface area contributed by atoms with E-state index in [0.29, 0.717) is 13.2 Å². The van der Waals surface area contributed by atoms with Gasteiger partial charge in [0.15, 0.2) is 0 Å². The van der Waals surface area contributed by atoms with E-state index >= 15 is 0 Å². The summed E-state index contributed by atoms with van der Waals surface area (Å²) in [5.41, 5.74) is 0. The Labute approximate surface area is 84.6 Å². The van der Waals surface area contributed by atoms with Crippen LogP contribution in [0.3, 0.4) is 0 Å². The lowest BCUT2D eigenvalue weighted by Crippen LogP contribution is -2.34. The summed E-state index contributed by atoms with van der Waals surface area (Å²) in [4.78, 5) is 11.6. The van der Waals surface area contributed by atoms with E-state index in [0.717, 1.165) is 19.3 Å². The summed E-state index contributed by atoms with van der Waals surface area (Å²) in [6, 6.07) is 0. The van der Waals surface area contributed by atoms with Crippen LogP contribution in [-0.2, 0) is 9.53 Å². The second kappa shape index (κ2) is 5.98. The number of nitrogens with one attached hydrogen (secondary N) is 1. The van der Waals surface area contributed by atoms with Crippen LogP contribution in [0.1, 0.15) is 26.2 Å². The van der Waals surface area contributed by atoms with Gasteiger partial charge in [-0.05, 0) is 26.2 Å². The Kier molecular flexibility index (Phi) is 4.90. The Morgan fingerprint density at radius 1 is 1.57 bits per heavy atom. The van der Waals surface area contributed by atoms with E-state index in [2.05, 4.69) is 5.32 Å². The summed E-state index contributed by atoms with van der Waals surface area (Å²) in [6.07, 6.45) is 2.46. The van der Waals surface area contributed by atoms with Gasteiger partial charge in [-0.3, -0.25) is 4.79 Å². The number of ether oxygens (including phenoxy) is 1. The van der Waals surface area contributed by atoms with Crippen LogP contribution >= 0.6 is 0 Å². The van der Waals surface area contributed by atoms with E-state index in [1.165, 1.54) is 0 Å². The van der Waals surface area contributed by atoms with Crippen LogP contribution in [0, 0.1) is 5.92 Å². The number of aliphatic hydroxyl groups is 1. The molecule has 0 aromatic carbocycles. The topological polar surface area (TPSA) is 58.6 Å². The molecule has 82 valence electrons. The monoisotopic (exact) mass is 201 g/mol. The molecule has 4 heteroatoms. The minimum Gasteiger partial charge on any atom is -0.396 e. The zero-order chi connectivity index (χ0) is 10.4. The number of aliphatic hydroxyl groups excluding tert-OH is 1. The molecule has 4 nitrogen and oxygen atoms in total. The molecule has 1 amide bonds. The molecule has 0 aromatic heterocycles. The Bertz CT molecular complexity index is 184. The van der Waals surface area contributed by atoms with E-state index in [9.17, 15) is 4.79 Å². The molecule has 1 aliphatic heterocycles. The van der Waals surface area contributed by atoms with Gasteiger partial charge in [0.2, 0.25) is 5.91 Å². The molecular weight excluding hydrogens is 182 g/mol. The SMILES string of the molecule is CC1OCCC1C(=O)NCCCCO. The second-order valence-corrected chi connectivity index (χ2v) is 3.69. The van der Waals surface area contributed by atoms with Crippen molar-refractivity contribution >= 4 is 5.91 Å². The predicted octanol–water partition coefficient (Wildman–Crippen LogP) is 0.300. The van der Waals surface area contributed by atoms with Crippen molar-refractivity contribution in [1.82, 2.24) is 5.32 Å². The Balaban J connectivity index is 2.14. The maximum absolute atomic E-state index is 11.6. The molecule has 0 spiro atoms. The van der Waals surface area contributed by atoms with Gasteiger partial charge in [0.1, 0.15) is 0 Å². The third-order valence-electron chi connectivity index (χ3n) is 2.60. The number of carbonyl (C=O) groups excluding carboxylic acids is 1. The molecule has 1 saturated heterocycles. The first-order valence-corrected chi connectivity index (χ1v) is 5.26. The van der Waals surface area contributed by atoms with Gasteiger partial charge in [0.25, 0.3) is 0 Å². The lowest BCUT2D eigenvalue weighted by atomic mass is 10.0. The van der Waals surface area contributed by atoms with E-state index in [4.69, 9.17) is 9.84 Å². The molecular formula is C10H19NO3. The van der Waals surface area contributed by atoms with Crippen LogP contribution in [0.2, 0.25) is 0 Å². The molecule has 1 fully saturated rings. The first-order chi connectivity index (χ1) is 6.75. The molecule has 0 saturated carbocycles. The molecule has 1 rings (SSSR count).